The summed E-state index contributed by atoms with van der Waals surface area (Å²) in [6, 6.07) is 17.0. The van der Waals surface area contributed by atoms with E-state index in [1.807, 2.05) is 59.3 Å². The van der Waals surface area contributed by atoms with E-state index < -0.39 is 0 Å². The van der Waals surface area contributed by atoms with E-state index in [-0.39, 0.29) is 5.91 Å². The topological polar surface area (TPSA) is 77.1 Å². The molecule has 1 aromatic carbocycles. The molecule has 0 saturated heterocycles. The van der Waals surface area contributed by atoms with Crippen LogP contribution in [0.4, 0.5) is 5.69 Å². The zero-order chi connectivity index (χ0) is 19.6. The second kappa shape index (κ2) is 7.05. The average Bonchev–Trinajstić information content (AvgIpc) is 3.44. The summed E-state index contributed by atoms with van der Waals surface area (Å²) in [7, 11) is 0. The highest BCUT2D eigenvalue weighted by Crippen LogP contribution is 2.21. The second-order valence-electron chi connectivity index (χ2n) is 6.50. The van der Waals surface area contributed by atoms with E-state index in [0.29, 0.717) is 17.1 Å². The fourth-order valence-corrected chi connectivity index (χ4v) is 3.07. The van der Waals surface area contributed by atoms with Crippen LogP contribution in [0.3, 0.4) is 0 Å². The van der Waals surface area contributed by atoms with Gasteiger partial charge in [0.1, 0.15) is 17.8 Å². The highest BCUT2D eigenvalue weighted by atomic mass is 16.1. The number of hydrogen-bond donors (Lipinski definition) is 1. The van der Waals surface area contributed by atoms with Gasteiger partial charge in [-0.1, -0.05) is 18.2 Å². The summed E-state index contributed by atoms with van der Waals surface area (Å²) in [6.45, 7) is 0. The van der Waals surface area contributed by atoms with E-state index in [4.69, 9.17) is 0 Å². The maximum absolute atomic E-state index is 12.5. The molecule has 0 bridgehead atoms. The first-order valence-electron chi connectivity index (χ1n) is 9.06. The molecule has 0 fully saturated rings. The van der Waals surface area contributed by atoms with Gasteiger partial charge in [-0.05, 0) is 36.4 Å². The van der Waals surface area contributed by atoms with E-state index in [1.54, 1.807) is 41.6 Å². The predicted octanol–water partition coefficient (Wildman–Crippen LogP) is 3.83. The van der Waals surface area contributed by atoms with Crippen LogP contribution in [0.15, 0.2) is 91.9 Å². The molecular formula is C22H16N6O. The van der Waals surface area contributed by atoms with Crippen LogP contribution in [0.1, 0.15) is 10.4 Å². The molecule has 5 rings (SSSR count). The molecule has 5 aromatic rings. The zero-order valence-corrected chi connectivity index (χ0v) is 15.3. The van der Waals surface area contributed by atoms with E-state index in [0.717, 1.165) is 16.9 Å². The molecule has 0 aliphatic rings. The Morgan fingerprint density at radius 1 is 0.966 bits per heavy atom. The van der Waals surface area contributed by atoms with E-state index >= 15 is 0 Å². The fraction of sp³-hybridized carbons (Fsp3) is 0. The van der Waals surface area contributed by atoms with Gasteiger partial charge < -0.3 is 9.72 Å². The molecule has 0 aliphatic carbocycles. The number of amides is 1. The third kappa shape index (κ3) is 3.37. The number of nitrogens with zero attached hydrogens (tertiary/aromatic N) is 5. The molecule has 1 amide bonds. The molecule has 0 radical (unpaired) electrons. The Morgan fingerprint density at radius 2 is 1.86 bits per heavy atom. The minimum atomic E-state index is -0.213. The number of aromatic nitrogens is 5. The van der Waals surface area contributed by atoms with Gasteiger partial charge in [0.2, 0.25) is 0 Å². The lowest BCUT2D eigenvalue weighted by molar-refractivity contribution is 0.102. The summed E-state index contributed by atoms with van der Waals surface area (Å²) in [5.41, 5.74) is 3.96. The van der Waals surface area contributed by atoms with Gasteiger partial charge in [0.15, 0.2) is 0 Å². The van der Waals surface area contributed by atoms with Crippen LogP contribution in [0.2, 0.25) is 0 Å². The summed E-state index contributed by atoms with van der Waals surface area (Å²) in [5, 5.41) is 2.89. The first kappa shape index (κ1) is 16.9. The van der Waals surface area contributed by atoms with Crippen LogP contribution in [-0.4, -0.2) is 29.8 Å². The number of carbonyl (C=O) groups excluding carboxylic acids is 1. The van der Waals surface area contributed by atoms with Crippen LogP contribution >= 0.6 is 0 Å². The summed E-state index contributed by atoms with van der Waals surface area (Å²) in [5.74, 6) is 0.492. The minimum absolute atomic E-state index is 0.213. The Hall–Kier alpha value is -4.26. The third-order valence-electron chi connectivity index (χ3n) is 4.58. The van der Waals surface area contributed by atoms with Crippen molar-refractivity contribution in [1.29, 1.82) is 0 Å². The van der Waals surface area contributed by atoms with Crippen molar-refractivity contribution < 1.29 is 4.79 Å². The molecular weight excluding hydrogens is 364 g/mol. The predicted molar refractivity (Wildman–Crippen MR) is 110 cm³/mol. The van der Waals surface area contributed by atoms with Crippen molar-refractivity contribution in [2.45, 2.75) is 0 Å². The Labute approximate surface area is 166 Å². The van der Waals surface area contributed by atoms with Gasteiger partial charge in [-0.2, -0.15) is 0 Å². The lowest BCUT2D eigenvalue weighted by Crippen LogP contribution is -2.12. The normalized spacial score (nSPS) is 10.9. The molecule has 4 aromatic heterocycles. The molecule has 4 heterocycles. The van der Waals surface area contributed by atoms with Crippen molar-refractivity contribution in [2.75, 3.05) is 5.32 Å². The number of rotatable bonds is 4. The molecule has 140 valence electrons. The Kier molecular flexibility index (Phi) is 4.10. The van der Waals surface area contributed by atoms with Crippen molar-refractivity contribution in [3.05, 3.63) is 97.5 Å². The molecule has 0 atom stereocenters. The number of fused-ring (bicyclic) bond motifs is 1. The average molecular weight is 380 g/mol. The van der Waals surface area contributed by atoms with Crippen molar-refractivity contribution in [3.63, 3.8) is 0 Å². The molecule has 0 aliphatic heterocycles. The quantitative estimate of drug-likeness (QED) is 0.514. The van der Waals surface area contributed by atoms with Gasteiger partial charge >= 0.3 is 0 Å². The number of pyridine rings is 2. The lowest BCUT2D eigenvalue weighted by atomic mass is 10.1. The SMILES string of the molecule is O=C(Nc1ccc(-c2cn3ccccc3n2)cc1)c1ccc(-n2ccnc2)nc1. The summed E-state index contributed by atoms with van der Waals surface area (Å²) < 4.78 is 3.76. The van der Waals surface area contributed by atoms with Crippen LogP contribution in [0.5, 0.6) is 0 Å². The molecule has 1 N–H and O–H groups in total. The van der Waals surface area contributed by atoms with Gasteiger partial charge in [0, 0.05) is 42.2 Å². The number of nitrogens with one attached hydrogen (secondary N) is 1. The molecule has 0 spiro atoms. The largest absolute Gasteiger partial charge is 0.322 e. The maximum atomic E-state index is 12.5. The van der Waals surface area contributed by atoms with Gasteiger partial charge in [0.05, 0.1) is 11.3 Å². The molecule has 0 unspecified atom stereocenters. The summed E-state index contributed by atoms with van der Waals surface area (Å²) >= 11 is 0. The number of carbonyl (C=O) groups is 1. The van der Waals surface area contributed by atoms with Crippen LogP contribution in [0.25, 0.3) is 22.7 Å². The van der Waals surface area contributed by atoms with Crippen molar-refractivity contribution in [1.82, 2.24) is 23.9 Å². The van der Waals surface area contributed by atoms with E-state index in [1.165, 1.54) is 0 Å². The lowest BCUT2D eigenvalue weighted by Gasteiger charge is -2.07. The molecule has 7 heteroatoms. The molecule has 0 saturated carbocycles. The smallest absolute Gasteiger partial charge is 0.257 e. The van der Waals surface area contributed by atoms with Crippen LogP contribution < -0.4 is 5.32 Å². The van der Waals surface area contributed by atoms with E-state index in [2.05, 4.69) is 20.3 Å². The number of imidazole rings is 2. The first-order valence-corrected chi connectivity index (χ1v) is 9.06. The Morgan fingerprint density at radius 3 is 2.59 bits per heavy atom. The standard InChI is InChI=1S/C22H16N6O/c29-22(17-6-9-20(24-13-17)28-12-10-23-15-28)25-18-7-4-16(5-8-18)19-14-27-11-2-1-3-21(27)26-19/h1-15H,(H,25,29). The summed E-state index contributed by atoms with van der Waals surface area (Å²) in [4.78, 5) is 25.4. The van der Waals surface area contributed by atoms with Crippen molar-refractivity contribution >= 4 is 17.2 Å². The first-order chi connectivity index (χ1) is 14.3. The number of anilines is 1. The highest BCUT2D eigenvalue weighted by molar-refractivity contribution is 6.04. The Balaban J connectivity index is 1.31. The van der Waals surface area contributed by atoms with Crippen LogP contribution in [0, 0.1) is 0 Å². The molecule has 29 heavy (non-hydrogen) atoms. The third-order valence-corrected chi connectivity index (χ3v) is 4.58. The van der Waals surface area contributed by atoms with Crippen LogP contribution in [-0.2, 0) is 0 Å². The van der Waals surface area contributed by atoms with Crippen molar-refractivity contribution in [2.24, 2.45) is 0 Å². The highest BCUT2D eigenvalue weighted by Gasteiger charge is 2.09. The summed E-state index contributed by atoms with van der Waals surface area (Å²) in [6.07, 6.45) is 10.6. The zero-order valence-electron chi connectivity index (χ0n) is 15.3. The monoisotopic (exact) mass is 380 g/mol. The van der Waals surface area contributed by atoms with Gasteiger partial charge in [-0.15, -0.1) is 0 Å². The van der Waals surface area contributed by atoms with Gasteiger partial charge in [-0.25, -0.2) is 15.0 Å². The fourth-order valence-electron chi connectivity index (χ4n) is 3.07. The minimum Gasteiger partial charge on any atom is -0.322 e. The number of hydrogen-bond acceptors (Lipinski definition) is 4. The van der Waals surface area contributed by atoms with Gasteiger partial charge in [-0.3, -0.25) is 9.36 Å². The maximum Gasteiger partial charge on any atom is 0.257 e. The number of benzene rings is 1. The van der Waals surface area contributed by atoms with Crippen molar-refractivity contribution in [3.8, 4) is 17.1 Å². The van der Waals surface area contributed by atoms with Gasteiger partial charge in [0.25, 0.3) is 5.91 Å². The Bertz CT molecular complexity index is 1240. The second-order valence-corrected chi connectivity index (χ2v) is 6.50. The molecule has 7 nitrogen and oxygen atoms in total. The van der Waals surface area contributed by atoms with E-state index in [9.17, 15) is 4.79 Å².